The molecule has 4 rings (SSSR count). The average molecular weight is 493 g/mol. The number of hydrogen-bond donors (Lipinski definition) is 1. The minimum absolute atomic E-state index is 0.0262. The molecule has 0 heterocycles. The maximum atomic E-state index is 13.3. The lowest BCUT2D eigenvalue weighted by molar-refractivity contribution is -0.160. The van der Waals surface area contributed by atoms with Crippen LogP contribution in [0, 0.1) is 16.7 Å². The highest BCUT2D eigenvalue weighted by molar-refractivity contribution is 6.05. The molecule has 36 heavy (non-hydrogen) atoms. The Morgan fingerprint density at radius 3 is 2.36 bits per heavy atom. The van der Waals surface area contributed by atoms with E-state index >= 15 is 0 Å². The van der Waals surface area contributed by atoms with Gasteiger partial charge in [-0.05, 0) is 62.1 Å². The number of benzene rings is 1. The average Bonchev–Trinajstić information content (AvgIpc) is 3.02. The molecule has 0 aromatic heterocycles. The van der Waals surface area contributed by atoms with Crippen molar-refractivity contribution in [3.8, 4) is 0 Å². The van der Waals surface area contributed by atoms with E-state index in [-0.39, 0.29) is 24.4 Å². The number of Topliss-reactive ketones (excluding diaryl/α,β-unsaturated/α-hetero) is 1. The molecule has 3 aliphatic rings. The summed E-state index contributed by atoms with van der Waals surface area (Å²) in [6, 6.07) is 8.39. The zero-order valence-corrected chi connectivity index (χ0v) is 21.3. The van der Waals surface area contributed by atoms with Gasteiger partial charge in [0.1, 0.15) is 0 Å². The third kappa shape index (κ3) is 3.86. The number of carbonyl (C=O) groups is 4. The molecule has 0 amide bonds. The normalized spacial score (nSPS) is 32.1. The summed E-state index contributed by atoms with van der Waals surface area (Å²) >= 11 is 0. The molecule has 1 aromatic carbocycles. The molecule has 1 fully saturated rings. The third-order valence-electron chi connectivity index (χ3n) is 8.31. The SMILES string of the molecule is C=C1C(=O)C=C[C@]2(C)[C@@H]1C[C@]1(C(C)(C)O)CC(=O)C(C)=C1[C@@H](OC(=O)c1ccccc1)[C@@H]2OC(C)=O. The largest absolute Gasteiger partial charge is 0.457 e. The summed E-state index contributed by atoms with van der Waals surface area (Å²) in [5.41, 5.74) is -2.23. The van der Waals surface area contributed by atoms with E-state index in [1.807, 2.05) is 6.92 Å². The van der Waals surface area contributed by atoms with Gasteiger partial charge < -0.3 is 14.6 Å². The Hall–Kier alpha value is -3.32. The van der Waals surface area contributed by atoms with Crippen molar-refractivity contribution < 1.29 is 33.8 Å². The molecule has 1 aromatic rings. The van der Waals surface area contributed by atoms with Gasteiger partial charge in [-0.25, -0.2) is 4.79 Å². The van der Waals surface area contributed by atoms with Crippen molar-refractivity contribution in [2.45, 2.75) is 65.3 Å². The number of ether oxygens (including phenoxy) is 2. The van der Waals surface area contributed by atoms with Crippen LogP contribution in [0.25, 0.3) is 0 Å². The first-order valence-electron chi connectivity index (χ1n) is 12.1. The second-order valence-corrected chi connectivity index (χ2v) is 10.8. The number of allylic oxidation sites excluding steroid dienone is 3. The number of hydrogen-bond acceptors (Lipinski definition) is 7. The highest BCUT2D eigenvalue weighted by Gasteiger charge is 2.65. The zero-order chi connectivity index (χ0) is 26.6. The molecule has 0 aliphatic heterocycles. The molecule has 190 valence electrons. The lowest BCUT2D eigenvalue weighted by Crippen LogP contribution is -2.50. The molecule has 0 spiro atoms. The summed E-state index contributed by atoms with van der Waals surface area (Å²) in [5.74, 6) is -2.30. The van der Waals surface area contributed by atoms with E-state index in [2.05, 4.69) is 6.58 Å². The highest BCUT2D eigenvalue weighted by atomic mass is 16.6. The van der Waals surface area contributed by atoms with Crippen molar-refractivity contribution in [3.05, 3.63) is 71.3 Å². The van der Waals surface area contributed by atoms with E-state index in [1.54, 1.807) is 57.2 Å². The van der Waals surface area contributed by atoms with Crippen molar-refractivity contribution in [2.75, 3.05) is 0 Å². The Balaban J connectivity index is 2.01. The first kappa shape index (κ1) is 25.8. The lowest BCUT2D eigenvalue weighted by Gasteiger charge is -2.46. The molecule has 3 aliphatic carbocycles. The smallest absolute Gasteiger partial charge is 0.338 e. The lowest BCUT2D eigenvalue weighted by atomic mass is 9.59. The second kappa shape index (κ2) is 8.66. The quantitative estimate of drug-likeness (QED) is 0.502. The van der Waals surface area contributed by atoms with Crippen LogP contribution < -0.4 is 0 Å². The van der Waals surface area contributed by atoms with Crippen LogP contribution in [-0.2, 0) is 23.9 Å². The van der Waals surface area contributed by atoms with Gasteiger partial charge in [-0.15, -0.1) is 0 Å². The fraction of sp³-hybridized carbons (Fsp3) is 0.448. The zero-order valence-electron chi connectivity index (χ0n) is 21.3. The third-order valence-corrected chi connectivity index (χ3v) is 8.31. The molecule has 0 saturated heterocycles. The van der Waals surface area contributed by atoms with Crippen LogP contribution in [0.2, 0.25) is 0 Å². The molecule has 7 heteroatoms. The molecule has 1 N–H and O–H groups in total. The van der Waals surface area contributed by atoms with Gasteiger partial charge in [-0.3, -0.25) is 14.4 Å². The molecule has 7 nitrogen and oxygen atoms in total. The van der Waals surface area contributed by atoms with Gasteiger partial charge in [-0.1, -0.05) is 37.8 Å². The summed E-state index contributed by atoms with van der Waals surface area (Å²) in [6.07, 6.45) is 0.992. The highest BCUT2D eigenvalue weighted by Crippen LogP contribution is 2.62. The van der Waals surface area contributed by atoms with Crippen molar-refractivity contribution in [3.63, 3.8) is 0 Å². The molecular weight excluding hydrogens is 460 g/mol. The van der Waals surface area contributed by atoms with E-state index in [0.717, 1.165) is 0 Å². The Bertz CT molecular complexity index is 1220. The standard InChI is InChI=1S/C29H32O7/c1-16-20-14-29(27(4,5)34)15-22(32)17(2)23(29)24(36-26(33)19-10-8-7-9-11-19)25(35-18(3)30)28(20,6)13-12-21(16)31/h7-13,20,24-25,34H,1,14-15H2,2-6H3/t20-,24-,25+,28-,29+/m1/s1. The molecule has 0 bridgehead atoms. The summed E-state index contributed by atoms with van der Waals surface area (Å²) in [5, 5.41) is 11.6. The molecular formula is C29H32O7. The number of ketones is 2. The van der Waals surface area contributed by atoms with Crippen LogP contribution in [0.4, 0.5) is 0 Å². The van der Waals surface area contributed by atoms with E-state index in [9.17, 15) is 24.3 Å². The minimum atomic E-state index is -1.44. The number of rotatable bonds is 4. The van der Waals surface area contributed by atoms with Crippen molar-refractivity contribution in [1.29, 1.82) is 0 Å². The van der Waals surface area contributed by atoms with Crippen LogP contribution in [0.5, 0.6) is 0 Å². The van der Waals surface area contributed by atoms with Gasteiger partial charge in [0.2, 0.25) is 0 Å². The Labute approximate surface area is 210 Å². The first-order valence-corrected chi connectivity index (χ1v) is 12.1. The fourth-order valence-electron chi connectivity index (χ4n) is 6.21. The predicted octanol–water partition coefficient (Wildman–Crippen LogP) is 3.91. The Morgan fingerprint density at radius 1 is 1.14 bits per heavy atom. The Kier molecular flexibility index (Phi) is 6.20. The van der Waals surface area contributed by atoms with Crippen LogP contribution in [0.15, 0.2) is 65.8 Å². The van der Waals surface area contributed by atoms with Gasteiger partial charge in [0.25, 0.3) is 0 Å². The number of esters is 2. The van der Waals surface area contributed by atoms with E-state index in [1.165, 1.54) is 13.0 Å². The van der Waals surface area contributed by atoms with Gasteiger partial charge >= 0.3 is 11.9 Å². The monoisotopic (exact) mass is 492 g/mol. The van der Waals surface area contributed by atoms with E-state index < -0.39 is 46.5 Å². The molecule has 0 unspecified atom stereocenters. The summed E-state index contributed by atoms with van der Waals surface area (Å²) in [6.45, 7) is 12.0. The molecule has 1 saturated carbocycles. The van der Waals surface area contributed by atoms with Gasteiger partial charge in [0, 0.05) is 30.1 Å². The molecule has 5 atom stereocenters. The van der Waals surface area contributed by atoms with E-state index in [0.29, 0.717) is 22.3 Å². The number of carbonyl (C=O) groups excluding carboxylic acids is 4. The Morgan fingerprint density at radius 2 is 1.78 bits per heavy atom. The van der Waals surface area contributed by atoms with Crippen LogP contribution >= 0.6 is 0 Å². The van der Waals surface area contributed by atoms with Gasteiger partial charge in [0.15, 0.2) is 23.8 Å². The maximum absolute atomic E-state index is 13.3. The summed E-state index contributed by atoms with van der Waals surface area (Å²) in [7, 11) is 0. The number of aliphatic hydroxyl groups is 1. The predicted molar refractivity (Wildman–Crippen MR) is 132 cm³/mol. The maximum Gasteiger partial charge on any atom is 0.338 e. The van der Waals surface area contributed by atoms with E-state index in [4.69, 9.17) is 9.47 Å². The van der Waals surface area contributed by atoms with Crippen molar-refractivity contribution in [1.82, 2.24) is 0 Å². The van der Waals surface area contributed by atoms with Crippen molar-refractivity contribution >= 4 is 23.5 Å². The molecule has 0 radical (unpaired) electrons. The summed E-state index contributed by atoms with van der Waals surface area (Å²) < 4.78 is 12.0. The fourth-order valence-corrected chi connectivity index (χ4v) is 6.21. The number of fused-ring (bicyclic) bond motifs is 2. The summed E-state index contributed by atoms with van der Waals surface area (Å²) in [4.78, 5) is 51.7. The first-order chi connectivity index (χ1) is 16.7. The van der Waals surface area contributed by atoms with Gasteiger partial charge in [-0.2, -0.15) is 0 Å². The minimum Gasteiger partial charge on any atom is -0.457 e. The van der Waals surface area contributed by atoms with Gasteiger partial charge in [0.05, 0.1) is 11.2 Å². The van der Waals surface area contributed by atoms with Crippen LogP contribution in [-0.4, -0.2) is 46.4 Å². The van der Waals surface area contributed by atoms with Crippen molar-refractivity contribution in [2.24, 2.45) is 16.7 Å². The van der Waals surface area contributed by atoms with Crippen LogP contribution in [0.3, 0.4) is 0 Å². The van der Waals surface area contributed by atoms with Crippen LogP contribution in [0.1, 0.15) is 57.8 Å². The second-order valence-electron chi connectivity index (χ2n) is 10.8. The topological polar surface area (TPSA) is 107 Å².